The maximum absolute atomic E-state index is 5.82. The lowest BCUT2D eigenvalue weighted by Crippen LogP contribution is -2.39. The van der Waals surface area contributed by atoms with E-state index in [0.717, 1.165) is 25.9 Å². The van der Waals surface area contributed by atoms with Crippen LogP contribution in [0.3, 0.4) is 0 Å². The van der Waals surface area contributed by atoms with Crippen molar-refractivity contribution in [1.29, 1.82) is 0 Å². The topological polar surface area (TPSA) is 9.23 Å². The van der Waals surface area contributed by atoms with Crippen molar-refractivity contribution in [3.63, 3.8) is 0 Å². The van der Waals surface area contributed by atoms with Gasteiger partial charge in [0.25, 0.3) is 0 Å². The van der Waals surface area contributed by atoms with Crippen LogP contribution in [0.1, 0.15) is 63.1 Å². The molecule has 1 nitrogen and oxygen atoms in total. The molecule has 0 aliphatic heterocycles. The first-order valence-corrected chi connectivity index (χ1v) is 15.5. The van der Waals surface area contributed by atoms with E-state index in [1.54, 1.807) is 0 Å². The maximum Gasteiger partial charge on any atom is 0.0751 e. The molecule has 0 spiro atoms. The van der Waals surface area contributed by atoms with Crippen LogP contribution >= 0.6 is 0 Å². The van der Waals surface area contributed by atoms with Crippen molar-refractivity contribution >= 4 is 18.8 Å². The van der Waals surface area contributed by atoms with E-state index in [4.69, 9.17) is 4.74 Å². The Balaban J connectivity index is 1.57. The third kappa shape index (κ3) is 7.07. The highest BCUT2D eigenvalue weighted by molar-refractivity contribution is 6.81. The van der Waals surface area contributed by atoms with E-state index >= 15 is 0 Å². The van der Waals surface area contributed by atoms with E-state index < -0.39 is 8.07 Å². The quantitative estimate of drug-likeness (QED) is 0.150. The summed E-state index contributed by atoms with van der Waals surface area (Å²) in [5.74, 6) is 7.40. The first-order chi connectivity index (χ1) is 16.2. The molecule has 3 aromatic carbocycles. The Labute approximate surface area is 202 Å². The summed E-state index contributed by atoms with van der Waals surface area (Å²) in [6.45, 7) is 8.73. The lowest BCUT2D eigenvalue weighted by Gasteiger charge is -2.34. The van der Waals surface area contributed by atoms with Gasteiger partial charge in [-0.1, -0.05) is 124 Å². The van der Waals surface area contributed by atoms with Gasteiger partial charge in [-0.05, 0) is 34.7 Å². The number of ether oxygens (including phenoxy) is 1. The van der Waals surface area contributed by atoms with Crippen LogP contribution < -0.4 is 0 Å². The van der Waals surface area contributed by atoms with Crippen molar-refractivity contribution in [2.24, 2.45) is 0 Å². The lowest BCUT2D eigenvalue weighted by molar-refractivity contribution is 0.117. The van der Waals surface area contributed by atoms with Gasteiger partial charge in [0, 0.05) is 18.6 Å². The first kappa shape index (κ1) is 25.3. The molecule has 0 bridgehead atoms. The summed E-state index contributed by atoms with van der Waals surface area (Å²) in [6, 6.07) is 30.0. The zero-order chi connectivity index (χ0) is 23.4. The second-order valence-electron chi connectivity index (χ2n) is 9.13. The van der Waals surface area contributed by atoms with Crippen LogP contribution in [0.2, 0.25) is 18.1 Å². The molecule has 33 heavy (non-hydrogen) atoms. The predicted octanol–water partition coefficient (Wildman–Crippen LogP) is 8.75. The third-order valence-electron chi connectivity index (χ3n) is 7.28. The van der Waals surface area contributed by atoms with E-state index in [0.29, 0.717) is 12.1 Å². The van der Waals surface area contributed by atoms with Crippen molar-refractivity contribution < 1.29 is 4.74 Å². The number of benzene rings is 3. The largest absolute Gasteiger partial charge is 0.377 e. The van der Waals surface area contributed by atoms with E-state index in [1.807, 2.05) is 6.07 Å². The Morgan fingerprint density at radius 1 is 0.758 bits per heavy atom. The summed E-state index contributed by atoms with van der Waals surface area (Å²) in [7, 11) is -1.49. The van der Waals surface area contributed by atoms with Crippen molar-refractivity contribution in [3.05, 3.63) is 83.9 Å². The SMILES string of the molecule is CC[Si](CC)(CC)C(C#CCCCCCOCc1ccccc1)c1ccc2ccccc2c1. The molecule has 3 rings (SSSR count). The Morgan fingerprint density at radius 2 is 1.45 bits per heavy atom. The van der Waals surface area contributed by atoms with E-state index in [1.165, 1.54) is 46.5 Å². The van der Waals surface area contributed by atoms with Gasteiger partial charge in [-0.2, -0.15) is 0 Å². The van der Waals surface area contributed by atoms with Gasteiger partial charge < -0.3 is 4.74 Å². The number of rotatable bonds is 12. The van der Waals surface area contributed by atoms with Gasteiger partial charge in [0.1, 0.15) is 0 Å². The molecule has 3 aromatic rings. The van der Waals surface area contributed by atoms with E-state index in [-0.39, 0.29) is 0 Å². The van der Waals surface area contributed by atoms with Crippen LogP contribution in [-0.2, 0) is 11.3 Å². The fraction of sp³-hybridized carbons (Fsp3) is 0.419. The fourth-order valence-electron chi connectivity index (χ4n) is 4.87. The van der Waals surface area contributed by atoms with Crippen LogP contribution in [0.5, 0.6) is 0 Å². The average molecular weight is 457 g/mol. The molecule has 0 amide bonds. The molecule has 0 saturated heterocycles. The molecule has 174 valence electrons. The molecule has 0 aromatic heterocycles. The summed E-state index contributed by atoms with van der Waals surface area (Å²) in [6.07, 6.45) is 4.44. The molecule has 1 unspecified atom stereocenters. The van der Waals surface area contributed by atoms with Gasteiger partial charge in [-0.25, -0.2) is 0 Å². The molecular formula is C31H40OSi. The Kier molecular flexibility index (Phi) is 10.3. The zero-order valence-corrected chi connectivity index (χ0v) is 21.8. The van der Waals surface area contributed by atoms with Crippen molar-refractivity contribution in [1.82, 2.24) is 0 Å². The van der Waals surface area contributed by atoms with Crippen molar-refractivity contribution in [3.8, 4) is 11.8 Å². The van der Waals surface area contributed by atoms with E-state index in [2.05, 4.69) is 99.3 Å². The molecule has 0 N–H and O–H groups in total. The Hall–Kier alpha value is -2.34. The second kappa shape index (κ2) is 13.4. The monoisotopic (exact) mass is 456 g/mol. The van der Waals surface area contributed by atoms with Crippen LogP contribution in [0.4, 0.5) is 0 Å². The highest BCUT2D eigenvalue weighted by Crippen LogP contribution is 2.37. The number of fused-ring (bicyclic) bond motifs is 1. The second-order valence-corrected chi connectivity index (χ2v) is 14.6. The fourth-order valence-corrected chi connectivity index (χ4v) is 8.89. The van der Waals surface area contributed by atoms with Gasteiger partial charge in [-0.3, -0.25) is 0 Å². The van der Waals surface area contributed by atoms with Gasteiger partial charge in [0.2, 0.25) is 0 Å². The van der Waals surface area contributed by atoms with Crippen molar-refractivity contribution in [2.75, 3.05) is 6.61 Å². The Morgan fingerprint density at radius 3 is 2.18 bits per heavy atom. The molecule has 0 radical (unpaired) electrons. The van der Waals surface area contributed by atoms with Crippen LogP contribution in [-0.4, -0.2) is 14.7 Å². The van der Waals surface area contributed by atoms with Crippen LogP contribution in [0, 0.1) is 11.8 Å². The minimum atomic E-state index is -1.49. The van der Waals surface area contributed by atoms with Crippen LogP contribution in [0.15, 0.2) is 72.8 Å². The first-order valence-electron chi connectivity index (χ1n) is 12.8. The van der Waals surface area contributed by atoms with Gasteiger partial charge >= 0.3 is 0 Å². The lowest BCUT2D eigenvalue weighted by atomic mass is 10.0. The minimum Gasteiger partial charge on any atom is -0.377 e. The molecule has 0 fully saturated rings. The predicted molar refractivity (Wildman–Crippen MR) is 146 cm³/mol. The summed E-state index contributed by atoms with van der Waals surface area (Å²) in [5, 5.41) is 2.66. The highest BCUT2D eigenvalue weighted by Gasteiger charge is 2.36. The highest BCUT2D eigenvalue weighted by atomic mass is 28.3. The average Bonchev–Trinajstić information content (AvgIpc) is 2.88. The smallest absolute Gasteiger partial charge is 0.0751 e. The molecule has 0 saturated carbocycles. The normalized spacial score (nSPS) is 12.3. The standard InChI is InChI=1S/C31H40OSi/c1-4-33(5-2,6-3)31(30-23-22-28-19-14-15-20-29(28)25-30)21-13-8-7-9-16-24-32-26-27-17-11-10-12-18-27/h10-12,14-15,17-20,22-23,25,31H,4-9,16,24,26H2,1-3H3. The van der Waals surface area contributed by atoms with Gasteiger partial charge in [0.05, 0.1) is 14.7 Å². The summed E-state index contributed by atoms with van der Waals surface area (Å²) in [5.41, 5.74) is 3.11. The summed E-state index contributed by atoms with van der Waals surface area (Å²) in [4.78, 5) is 0. The summed E-state index contributed by atoms with van der Waals surface area (Å²) < 4.78 is 5.82. The molecule has 1 atom stereocenters. The summed E-state index contributed by atoms with van der Waals surface area (Å²) >= 11 is 0. The van der Waals surface area contributed by atoms with E-state index in [9.17, 15) is 0 Å². The van der Waals surface area contributed by atoms with Gasteiger partial charge in [0.15, 0.2) is 0 Å². The molecule has 0 heterocycles. The van der Waals surface area contributed by atoms with Crippen LogP contribution in [0.25, 0.3) is 10.8 Å². The molecular weight excluding hydrogens is 416 g/mol. The Bertz CT molecular complexity index is 1020. The molecule has 0 aliphatic carbocycles. The molecule has 0 aliphatic rings. The number of hydrogen-bond donors (Lipinski definition) is 0. The number of unbranched alkanes of at least 4 members (excludes halogenated alkanes) is 3. The van der Waals surface area contributed by atoms with Crippen molar-refractivity contribution in [2.45, 2.75) is 76.7 Å². The number of hydrogen-bond acceptors (Lipinski definition) is 1. The zero-order valence-electron chi connectivity index (χ0n) is 20.8. The van der Waals surface area contributed by atoms with Gasteiger partial charge in [-0.15, -0.1) is 5.92 Å². The third-order valence-corrected chi connectivity index (χ3v) is 13.2. The molecule has 2 heteroatoms. The maximum atomic E-state index is 5.82. The minimum absolute atomic E-state index is 0.427.